The van der Waals surface area contributed by atoms with Crippen LogP contribution >= 0.6 is 0 Å². The van der Waals surface area contributed by atoms with Crippen molar-refractivity contribution in [1.29, 1.82) is 0 Å². The molecule has 4 aromatic carbocycles. The second kappa shape index (κ2) is 12.1. The van der Waals surface area contributed by atoms with E-state index in [-0.39, 0.29) is 19.0 Å². The molecule has 34 heavy (non-hydrogen) atoms. The number of carbonyl (C=O) groups excluding carboxylic acids is 1. The highest BCUT2D eigenvalue weighted by Gasteiger charge is 2.11. The van der Waals surface area contributed by atoms with Gasteiger partial charge in [0.05, 0.1) is 0 Å². The van der Waals surface area contributed by atoms with Gasteiger partial charge in [-0.1, -0.05) is 84.9 Å². The first-order chi connectivity index (χ1) is 16.8. The second-order valence-electron chi connectivity index (χ2n) is 7.56. The third-order valence-electron chi connectivity index (χ3n) is 4.95. The molecule has 0 heterocycles. The minimum Gasteiger partial charge on any atom is -0.485 e. The molecule has 0 aromatic heterocycles. The summed E-state index contributed by atoms with van der Waals surface area (Å²) >= 11 is 0. The normalized spacial score (nSPS) is 10.4. The van der Waals surface area contributed by atoms with Gasteiger partial charge in [-0.15, -0.1) is 0 Å². The monoisotopic (exact) mass is 454 g/mol. The molecule has 0 amide bonds. The Balaban J connectivity index is 1.27. The average Bonchev–Trinajstić information content (AvgIpc) is 2.90. The smallest absolute Gasteiger partial charge is 0.207 e. The second-order valence-corrected chi connectivity index (χ2v) is 7.56. The van der Waals surface area contributed by atoms with Crippen LogP contribution in [0, 0.1) is 0 Å². The summed E-state index contributed by atoms with van der Waals surface area (Å²) in [6.07, 6.45) is 0. The van der Waals surface area contributed by atoms with Gasteiger partial charge in [-0.05, 0) is 35.4 Å². The van der Waals surface area contributed by atoms with Crippen molar-refractivity contribution < 1.29 is 23.7 Å². The average molecular weight is 455 g/mol. The lowest BCUT2D eigenvalue weighted by Crippen LogP contribution is -2.19. The molecular formula is C29H26O5. The minimum absolute atomic E-state index is 0.126. The van der Waals surface area contributed by atoms with E-state index >= 15 is 0 Å². The Morgan fingerprint density at radius 2 is 0.765 bits per heavy atom. The van der Waals surface area contributed by atoms with Gasteiger partial charge < -0.3 is 18.9 Å². The van der Waals surface area contributed by atoms with Crippen molar-refractivity contribution in [2.75, 3.05) is 13.2 Å². The maximum Gasteiger partial charge on any atom is 0.207 e. The van der Waals surface area contributed by atoms with Crippen LogP contribution in [0.2, 0.25) is 0 Å². The molecule has 0 radical (unpaired) electrons. The maximum atomic E-state index is 12.4. The van der Waals surface area contributed by atoms with E-state index in [1.165, 1.54) is 0 Å². The van der Waals surface area contributed by atoms with Gasteiger partial charge in [0.25, 0.3) is 0 Å². The first kappa shape index (κ1) is 22.9. The molecule has 0 bridgehead atoms. The summed E-state index contributed by atoms with van der Waals surface area (Å²) < 4.78 is 23.2. The molecule has 4 rings (SSSR count). The first-order valence-corrected chi connectivity index (χ1v) is 11.1. The summed E-state index contributed by atoms with van der Waals surface area (Å²) in [4.78, 5) is 12.4. The number of rotatable bonds is 12. The van der Waals surface area contributed by atoms with Crippen molar-refractivity contribution in [3.05, 3.63) is 120 Å². The van der Waals surface area contributed by atoms with E-state index in [0.717, 1.165) is 11.1 Å². The molecule has 0 atom stereocenters. The van der Waals surface area contributed by atoms with Crippen LogP contribution in [-0.4, -0.2) is 19.0 Å². The van der Waals surface area contributed by atoms with Gasteiger partial charge in [-0.3, -0.25) is 4.79 Å². The van der Waals surface area contributed by atoms with Crippen molar-refractivity contribution >= 4 is 5.78 Å². The number of Topliss-reactive ketones (excluding diaryl/α,β-unsaturated/α-hetero) is 1. The molecule has 4 aromatic rings. The van der Waals surface area contributed by atoms with E-state index in [2.05, 4.69) is 0 Å². The number of ketones is 1. The van der Waals surface area contributed by atoms with Crippen LogP contribution in [0.15, 0.2) is 109 Å². The molecule has 0 spiro atoms. The SMILES string of the molecule is O=C(COc1ccccc1OCc1ccccc1)COc1ccccc1OCc1ccccc1. The van der Waals surface area contributed by atoms with Crippen molar-refractivity contribution in [3.8, 4) is 23.0 Å². The van der Waals surface area contributed by atoms with E-state index in [4.69, 9.17) is 18.9 Å². The number of hydrogen-bond acceptors (Lipinski definition) is 5. The largest absolute Gasteiger partial charge is 0.485 e. The third-order valence-corrected chi connectivity index (χ3v) is 4.95. The van der Waals surface area contributed by atoms with Crippen molar-refractivity contribution in [3.63, 3.8) is 0 Å². The molecule has 0 saturated carbocycles. The Morgan fingerprint density at radius 3 is 1.15 bits per heavy atom. The van der Waals surface area contributed by atoms with Crippen LogP contribution < -0.4 is 18.9 Å². The lowest BCUT2D eigenvalue weighted by Gasteiger charge is -2.14. The van der Waals surface area contributed by atoms with Gasteiger partial charge in [0.2, 0.25) is 5.78 Å². The first-order valence-electron chi connectivity index (χ1n) is 11.1. The van der Waals surface area contributed by atoms with E-state index in [0.29, 0.717) is 36.2 Å². The number of hydrogen-bond donors (Lipinski definition) is 0. The lowest BCUT2D eigenvalue weighted by molar-refractivity contribution is -0.123. The van der Waals surface area contributed by atoms with Gasteiger partial charge >= 0.3 is 0 Å². The zero-order valence-corrected chi connectivity index (χ0v) is 18.8. The van der Waals surface area contributed by atoms with Crippen molar-refractivity contribution in [1.82, 2.24) is 0 Å². The lowest BCUT2D eigenvalue weighted by atomic mass is 10.2. The van der Waals surface area contributed by atoms with Crippen LogP contribution in [0.25, 0.3) is 0 Å². The molecule has 0 fully saturated rings. The number of carbonyl (C=O) groups is 1. The van der Waals surface area contributed by atoms with E-state index < -0.39 is 0 Å². The quantitative estimate of drug-likeness (QED) is 0.268. The van der Waals surface area contributed by atoms with Gasteiger partial charge in [-0.25, -0.2) is 0 Å². The van der Waals surface area contributed by atoms with Crippen molar-refractivity contribution in [2.24, 2.45) is 0 Å². The molecule has 0 saturated heterocycles. The topological polar surface area (TPSA) is 54.0 Å². The molecule has 0 aliphatic carbocycles. The summed E-state index contributed by atoms with van der Waals surface area (Å²) in [5, 5.41) is 0. The predicted molar refractivity (Wildman–Crippen MR) is 130 cm³/mol. The van der Waals surface area contributed by atoms with Gasteiger partial charge in [0.15, 0.2) is 36.2 Å². The number of ether oxygens (including phenoxy) is 4. The van der Waals surface area contributed by atoms with Crippen LogP contribution in [0.4, 0.5) is 0 Å². The van der Waals surface area contributed by atoms with Crippen LogP contribution in [-0.2, 0) is 18.0 Å². The van der Waals surface area contributed by atoms with E-state index in [1.807, 2.05) is 97.1 Å². The highest BCUT2D eigenvalue weighted by Crippen LogP contribution is 2.28. The standard InChI is InChI=1S/C29H26O5/c30-25(21-33-28-17-9-7-15-26(28)31-19-23-11-3-1-4-12-23)22-34-29-18-10-8-16-27(29)32-20-24-13-5-2-6-14-24/h1-18H,19-22H2. The zero-order valence-electron chi connectivity index (χ0n) is 18.8. The summed E-state index contributed by atoms with van der Waals surface area (Å²) in [7, 11) is 0. The minimum atomic E-state index is -0.198. The van der Waals surface area contributed by atoms with E-state index in [9.17, 15) is 4.79 Å². The van der Waals surface area contributed by atoms with Gasteiger partial charge in [-0.2, -0.15) is 0 Å². The summed E-state index contributed by atoms with van der Waals surface area (Å²) in [6, 6.07) is 34.3. The number of benzene rings is 4. The Labute approximate surface area is 199 Å². The zero-order chi connectivity index (χ0) is 23.4. The predicted octanol–water partition coefficient (Wildman–Crippen LogP) is 5.87. The summed E-state index contributed by atoms with van der Waals surface area (Å²) in [6.45, 7) is 0.577. The van der Waals surface area contributed by atoms with Crippen LogP contribution in [0.1, 0.15) is 11.1 Å². The fraction of sp³-hybridized carbons (Fsp3) is 0.138. The van der Waals surface area contributed by atoms with Crippen LogP contribution in [0.3, 0.4) is 0 Å². The Kier molecular flexibility index (Phi) is 8.17. The van der Waals surface area contributed by atoms with Gasteiger partial charge in [0, 0.05) is 0 Å². The fourth-order valence-corrected chi connectivity index (χ4v) is 3.21. The molecular weight excluding hydrogens is 428 g/mol. The highest BCUT2D eigenvalue weighted by molar-refractivity contribution is 5.81. The molecule has 0 unspecified atom stereocenters. The summed E-state index contributed by atoms with van der Waals surface area (Å²) in [5.41, 5.74) is 2.10. The van der Waals surface area contributed by atoms with Crippen LogP contribution in [0.5, 0.6) is 23.0 Å². The molecule has 0 aliphatic heterocycles. The maximum absolute atomic E-state index is 12.4. The highest BCUT2D eigenvalue weighted by atomic mass is 16.5. The molecule has 172 valence electrons. The molecule has 0 N–H and O–H groups in total. The van der Waals surface area contributed by atoms with Crippen molar-refractivity contribution in [2.45, 2.75) is 13.2 Å². The molecule has 5 nitrogen and oxygen atoms in total. The Hall–Kier alpha value is -4.25. The van der Waals surface area contributed by atoms with E-state index in [1.54, 1.807) is 12.1 Å². The fourth-order valence-electron chi connectivity index (χ4n) is 3.21. The Bertz CT molecular complexity index is 1080. The molecule has 5 heteroatoms. The summed E-state index contributed by atoms with van der Waals surface area (Å²) in [5.74, 6) is 1.99. The number of para-hydroxylation sites is 4. The molecule has 0 aliphatic rings. The third kappa shape index (κ3) is 6.87. The Morgan fingerprint density at radius 1 is 0.441 bits per heavy atom. The van der Waals surface area contributed by atoms with Gasteiger partial charge in [0.1, 0.15) is 13.2 Å².